The molecule has 92 valence electrons. The first kappa shape index (κ1) is 11.9. The van der Waals surface area contributed by atoms with E-state index in [9.17, 15) is 9.59 Å². The maximum absolute atomic E-state index is 11.8. The first-order valence-corrected chi connectivity index (χ1v) is 5.23. The molecular formula is C13H11NO4. The van der Waals surface area contributed by atoms with Gasteiger partial charge in [0, 0.05) is 12.3 Å². The second-order valence-corrected chi connectivity index (χ2v) is 3.60. The van der Waals surface area contributed by atoms with Gasteiger partial charge >= 0.3 is 5.97 Å². The summed E-state index contributed by atoms with van der Waals surface area (Å²) in [5, 5.41) is 8.93. The van der Waals surface area contributed by atoms with E-state index < -0.39 is 5.97 Å². The summed E-state index contributed by atoms with van der Waals surface area (Å²) in [6.07, 6.45) is 1.28. The van der Waals surface area contributed by atoms with E-state index in [4.69, 9.17) is 9.84 Å². The minimum absolute atomic E-state index is 0.0421. The summed E-state index contributed by atoms with van der Waals surface area (Å²) in [4.78, 5) is 22.7. The molecule has 0 radical (unpaired) electrons. The third-order valence-electron chi connectivity index (χ3n) is 2.50. The first-order valence-electron chi connectivity index (χ1n) is 5.23. The zero-order valence-electron chi connectivity index (χ0n) is 9.66. The van der Waals surface area contributed by atoms with Gasteiger partial charge in [-0.2, -0.15) is 0 Å². The molecule has 0 unspecified atom stereocenters. The minimum atomic E-state index is -1.08. The van der Waals surface area contributed by atoms with Gasteiger partial charge in [-0.05, 0) is 18.2 Å². The Balaban J connectivity index is 2.66. The lowest BCUT2D eigenvalue weighted by atomic mass is 10.2. The molecule has 1 heterocycles. The number of aromatic carboxylic acids is 1. The van der Waals surface area contributed by atoms with Crippen molar-refractivity contribution in [2.24, 2.45) is 0 Å². The zero-order chi connectivity index (χ0) is 13.1. The molecule has 0 aliphatic heterocycles. The van der Waals surface area contributed by atoms with Gasteiger partial charge in [-0.3, -0.25) is 9.36 Å². The van der Waals surface area contributed by atoms with Crippen molar-refractivity contribution in [3.63, 3.8) is 0 Å². The van der Waals surface area contributed by atoms with E-state index in [0.717, 1.165) is 0 Å². The highest BCUT2D eigenvalue weighted by atomic mass is 16.5. The Labute approximate surface area is 103 Å². The first-order chi connectivity index (χ1) is 8.63. The Bertz CT molecular complexity index is 645. The number of ether oxygens (including phenoxy) is 1. The molecule has 5 heteroatoms. The quantitative estimate of drug-likeness (QED) is 0.890. The Morgan fingerprint density at radius 2 is 1.94 bits per heavy atom. The number of nitrogens with zero attached hydrogens (tertiary/aromatic N) is 1. The zero-order valence-corrected chi connectivity index (χ0v) is 9.66. The average Bonchev–Trinajstić information content (AvgIpc) is 2.39. The summed E-state index contributed by atoms with van der Waals surface area (Å²) in [5.41, 5.74) is 0.234. The normalized spacial score (nSPS) is 10.1. The van der Waals surface area contributed by atoms with Crippen LogP contribution < -0.4 is 10.3 Å². The molecule has 0 spiro atoms. The molecule has 18 heavy (non-hydrogen) atoms. The average molecular weight is 245 g/mol. The minimum Gasteiger partial charge on any atom is -0.495 e. The third-order valence-corrected chi connectivity index (χ3v) is 2.50. The third kappa shape index (κ3) is 2.10. The molecule has 0 bridgehead atoms. The van der Waals surface area contributed by atoms with Crippen LogP contribution in [0.5, 0.6) is 5.75 Å². The summed E-state index contributed by atoms with van der Waals surface area (Å²) in [6.45, 7) is 0. The highest BCUT2D eigenvalue weighted by molar-refractivity contribution is 5.87. The SMILES string of the molecule is COc1ccccc1-n1cc(C(=O)O)ccc1=O. The van der Waals surface area contributed by atoms with Crippen molar-refractivity contribution in [1.29, 1.82) is 0 Å². The van der Waals surface area contributed by atoms with E-state index in [2.05, 4.69) is 0 Å². The fourth-order valence-corrected chi connectivity index (χ4v) is 1.63. The molecule has 5 nitrogen and oxygen atoms in total. The van der Waals surface area contributed by atoms with Gasteiger partial charge in [0.25, 0.3) is 5.56 Å². The molecule has 0 aliphatic carbocycles. The lowest BCUT2D eigenvalue weighted by Gasteiger charge is -2.10. The number of para-hydroxylation sites is 2. The van der Waals surface area contributed by atoms with Crippen LogP contribution in [0.4, 0.5) is 0 Å². The molecule has 0 fully saturated rings. The summed E-state index contributed by atoms with van der Waals surface area (Å²) >= 11 is 0. The van der Waals surface area contributed by atoms with Crippen molar-refractivity contribution < 1.29 is 14.6 Å². The molecule has 0 amide bonds. The maximum atomic E-state index is 11.8. The largest absolute Gasteiger partial charge is 0.495 e. The molecule has 0 saturated heterocycles. The summed E-state index contributed by atoms with van der Waals surface area (Å²) in [5.74, 6) is -0.583. The number of aromatic nitrogens is 1. The van der Waals surface area contributed by atoms with E-state index >= 15 is 0 Å². The van der Waals surface area contributed by atoms with Gasteiger partial charge in [0.15, 0.2) is 0 Å². The number of rotatable bonds is 3. The number of carboxylic acid groups (broad SMARTS) is 1. The predicted octanol–water partition coefficient (Wildman–Crippen LogP) is 1.54. The second-order valence-electron chi connectivity index (χ2n) is 3.60. The van der Waals surface area contributed by atoms with Crippen LogP contribution in [-0.4, -0.2) is 22.8 Å². The fraction of sp³-hybridized carbons (Fsp3) is 0.0769. The van der Waals surface area contributed by atoms with Crippen LogP contribution in [0, 0.1) is 0 Å². The van der Waals surface area contributed by atoms with Crippen molar-refractivity contribution in [1.82, 2.24) is 4.57 Å². The van der Waals surface area contributed by atoms with Gasteiger partial charge in [0.05, 0.1) is 18.4 Å². The molecule has 1 aromatic heterocycles. The van der Waals surface area contributed by atoms with E-state index in [0.29, 0.717) is 11.4 Å². The second kappa shape index (κ2) is 4.75. The molecule has 0 atom stereocenters. The van der Waals surface area contributed by atoms with E-state index in [1.807, 2.05) is 0 Å². The predicted molar refractivity (Wildman–Crippen MR) is 65.6 cm³/mol. The van der Waals surface area contributed by atoms with E-state index in [-0.39, 0.29) is 11.1 Å². The van der Waals surface area contributed by atoms with Crippen LogP contribution in [-0.2, 0) is 0 Å². The van der Waals surface area contributed by atoms with Crippen molar-refractivity contribution in [2.45, 2.75) is 0 Å². The molecule has 1 N–H and O–H groups in total. The topological polar surface area (TPSA) is 68.5 Å². The Hall–Kier alpha value is -2.56. The van der Waals surface area contributed by atoms with Crippen molar-refractivity contribution in [3.05, 3.63) is 58.5 Å². The van der Waals surface area contributed by atoms with Gasteiger partial charge in [-0.15, -0.1) is 0 Å². The van der Waals surface area contributed by atoms with Crippen LogP contribution in [0.2, 0.25) is 0 Å². The molecule has 1 aromatic carbocycles. The number of hydrogen-bond donors (Lipinski definition) is 1. The lowest BCUT2D eigenvalue weighted by Crippen LogP contribution is -2.18. The summed E-state index contributed by atoms with van der Waals surface area (Å²) < 4.78 is 6.40. The highest BCUT2D eigenvalue weighted by Crippen LogP contribution is 2.20. The molecule has 2 aromatic rings. The summed E-state index contributed by atoms with van der Waals surface area (Å²) in [6, 6.07) is 9.40. The number of hydrogen-bond acceptors (Lipinski definition) is 3. The monoisotopic (exact) mass is 245 g/mol. The van der Waals surface area contributed by atoms with Gasteiger partial charge < -0.3 is 9.84 Å². The number of carboxylic acids is 1. The van der Waals surface area contributed by atoms with Crippen LogP contribution in [0.1, 0.15) is 10.4 Å². The van der Waals surface area contributed by atoms with Gasteiger partial charge in [-0.1, -0.05) is 12.1 Å². The number of benzene rings is 1. The fourth-order valence-electron chi connectivity index (χ4n) is 1.63. The smallest absolute Gasteiger partial charge is 0.337 e. The van der Waals surface area contributed by atoms with E-state index in [1.165, 1.54) is 30.0 Å². The van der Waals surface area contributed by atoms with Gasteiger partial charge in [0.1, 0.15) is 5.75 Å². The summed E-state index contributed by atoms with van der Waals surface area (Å²) in [7, 11) is 1.49. The standard InChI is InChI=1S/C13H11NO4/c1-18-11-5-3-2-4-10(11)14-8-9(13(16)17)6-7-12(14)15/h2-8H,1H3,(H,16,17). The molecule has 0 saturated carbocycles. The Morgan fingerprint density at radius 1 is 1.22 bits per heavy atom. The molecule has 2 rings (SSSR count). The van der Waals surface area contributed by atoms with Crippen LogP contribution >= 0.6 is 0 Å². The lowest BCUT2D eigenvalue weighted by molar-refractivity contribution is 0.0696. The number of methoxy groups -OCH3 is 1. The van der Waals surface area contributed by atoms with E-state index in [1.54, 1.807) is 24.3 Å². The van der Waals surface area contributed by atoms with Crippen LogP contribution in [0.15, 0.2) is 47.4 Å². The van der Waals surface area contributed by atoms with Crippen molar-refractivity contribution in [3.8, 4) is 11.4 Å². The van der Waals surface area contributed by atoms with Crippen LogP contribution in [0.3, 0.4) is 0 Å². The number of pyridine rings is 1. The van der Waals surface area contributed by atoms with Crippen molar-refractivity contribution in [2.75, 3.05) is 7.11 Å². The molecular weight excluding hydrogens is 234 g/mol. The Kier molecular flexibility index (Phi) is 3.14. The maximum Gasteiger partial charge on any atom is 0.337 e. The van der Waals surface area contributed by atoms with Gasteiger partial charge in [-0.25, -0.2) is 4.79 Å². The van der Waals surface area contributed by atoms with Crippen LogP contribution in [0.25, 0.3) is 5.69 Å². The number of carbonyl (C=O) groups is 1. The van der Waals surface area contributed by atoms with Crippen molar-refractivity contribution >= 4 is 5.97 Å². The highest BCUT2D eigenvalue weighted by Gasteiger charge is 2.09. The Morgan fingerprint density at radius 3 is 2.61 bits per heavy atom. The van der Waals surface area contributed by atoms with Gasteiger partial charge in [0.2, 0.25) is 0 Å². The molecule has 0 aliphatic rings.